The zero-order chi connectivity index (χ0) is 19.2. The van der Waals surface area contributed by atoms with Crippen LogP contribution in [0, 0.1) is 11.6 Å². The molecule has 27 heavy (non-hydrogen) atoms. The number of carbonyl (C=O) groups excluding carboxylic acids is 1. The van der Waals surface area contributed by atoms with Gasteiger partial charge in [-0.25, -0.2) is 9.37 Å². The second kappa shape index (κ2) is 8.94. The van der Waals surface area contributed by atoms with Gasteiger partial charge in [0, 0.05) is 20.1 Å². The molecule has 8 heteroatoms. The minimum Gasteiger partial charge on any atom is -0.481 e. The highest BCUT2D eigenvalue weighted by atomic mass is 19.2. The predicted octanol–water partition coefficient (Wildman–Crippen LogP) is 3.09. The summed E-state index contributed by atoms with van der Waals surface area (Å²) in [5.41, 5.74) is 0.162. The fourth-order valence-electron chi connectivity index (χ4n) is 2.98. The quantitative estimate of drug-likeness (QED) is 0.740. The molecule has 3 rings (SSSR count). The number of hydrogen-bond donors (Lipinski definition) is 0. The lowest BCUT2D eigenvalue weighted by Gasteiger charge is -2.28. The average Bonchev–Trinajstić information content (AvgIpc) is 3.16. The van der Waals surface area contributed by atoms with Crippen LogP contribution >= 0.6 is 0 Å². The van der Waals surface area contributed by atoms with Crippen LogP contribution in [0.2, 0.25) is 0 Å². The molecule has 0 aliphatic carbocycles. The molecule has 0 spiro atoms. The van der Waals surface area contributed by atoms with E-state index in [-0.39, 0.29) is 29.8 Å². The first-order chi connectivity index (χ1) is 13.0. The van der Waals surface area contributed by atoms with Gasteiger partial charge in [-0.15, -0.1) is 0 Å². The number of hydrogen-bond acceptors (Lipinski definition) is 5. The van der Waals surface area contributed by atoms with Crippen molar-refractivity contribution in [1.29, 1.82) is 0 Å². The van der Waals surface area contributed by atoms with Crippen LogP contribution in [0.4, 0.5) is 8.78 Å². The number of likely N-dealkylation sites (N-methyl/N-ethyl adjacent to an activating group) is 1. The zero-order valence-corrected chi connectivity index (χ0v) is 15.3. The van der Waals surface area contributed by atoms with E-state index in [0.29, 0.717) is 6.54 Å². The second-order valence-corrected chi connectivity index (χ2v) is 6.60. The molecule has 1 saturated heterocycles. The van der Waals surface area contributed by atoms with Gasteiger partial charge in [0.2, 0.25) is 11.7 Å². The van der Waals surface area contributed by atoms with Gasteiger partial charge in [0.05, 0.1) is 0 Å². The number of halogens is 2. The maximum absolute atomic E-state index is 13.6. The van der Waals surface area contributed by atoms with Gasteiger partial charge in [-0.3, -0.25) is 4.79 Å². The van der Waals surface area contributed by atoms with E-state index in [4.69, 9.17) is 9.15 Å². The molecule has 1 amide bonds. The first kappa shape index (κ1) is 19.3. The molecular weight excluding hydrogens is 356 g/mol. The average molecular weight is 379 g/mol. The molecule has 0 atom stereocenters. The van der Waals surface area contributed by atoms with Crippen molar-refractivity contribution in [2.75, 3.05) is 33.2 Å². The minimum atomic E-state index is -1.07. The van der Waals surface area contributed by atoms with Gasteiger partial charge in [0.15, 0.2) is 23.9 Å². The lowest BCUT2D eigenvalue weighted by atomic mass is 10.1. The van der Waals surface area contributed by atoms with Crippen molar-refractivity contribution in [3.63, 3.8) is 0 Å². The topological polar surface area (TPSA) is 58.8 Å². The summed E-state index contributed by atoms with van der Waals surface area (Å²) in [5, 5.41) is 0. The summed E-state index contributed by atoms with van der Waals surface area (Å²) >= 11 is 0. The molecule has 0 saturated carbocycles. The molecule has 0 bridgehead atoms. The molecule has 2 aromatic rings. The summed E-state index contributed by atoms with van der Waals surface area (Å²) in [4.78, 5) is 20.5. The van der Waals surface area contributed by atoms with E-state index in [1.54, 1.807) is 11.9 Å². The number of ether oxygens (including phenoxy) is 1. The van der Waals surface area contributed by atoms with E-state index in [0.717, 1.165) is 25.7 Å². The van der Waals surface area contributed by atoms with Crippen molar-refractivity contribution < 1.29 is 22.7 Å². The maximum Gasteiger partial charge on any atom is 0.275 e. The van der Waals surface area contributed by atoms with Crippen LogP contribution in [0.5, 0.6) is 5.75 Å². The van der Waals surface area contributed by atoms with E-state index in [2.05, 4.69) is 9.88 Å². The molecule has 1 aromatic heterocycles. The summed E-state index contributed by atoms with van der Waals surface area (Å²) in [6.45, 7) is 3.38. The first-order valence-electron chi connectivity index (χ1n) is 9.03. The van der Waals surface area contributed by atoms with Gasteiger partial charge in [-0.05, 0) is 38.1 Å². The van der Waals surface area contributed by atoms with Crippen molar-refractivity contribution in [2.45, 2.75) is 25.9 Å². The van der Waals surface area contributed by atoms with Crippen molar-refractivity contribution in [2.24, 2.45) is 0 Å². The Bertz CT molecular complexity index is 775. The number of amides is 1. The summed E-state index contributed by atoms with van der Waals surface area (Å²) in [6, 6.07) is 3.65. The van der Waals surface area contributed by atoms with Crippen molar-refractivity contribution in [3.8, 4) is 5.75 Å². The fourth-order valence-corrected chi connectivity index (χ4v) is 2.98. The third kappa shape index (κ3) is 5.03. The fraction of sp³-hybridized carbons (Fsp3) is 0.474. The Labute approximate surface area is 156 Å². The third-order valence-corrected chi connectivity index (χ3v) is 4.59. The van der Waals surface area contributed by atoms with Crippen LogP contribution in [0.1, 0.15) is 35.6 Å². The molecule has 1 aliphatic heterocycles. The molecule has 146 valence electrons. The summed E-state index contributed by atoms with van der Waals surface area (Å²) in [5.74, 6) is -2.44. The van der Waals surface area contributed by atoms with E-state index >= 15 is 0 Å². The summed E-state index contributed by atoms with van der Waals surface area (Å²) < 4.78 is 37.1. The van der Waals surface area contributed by atoms with Gasteiger partial charge >= 0.3 is 0 Å². The van der Waals surface area contributed by atoms with Crippen LogP contribution in [0.25, 0.3) is 0 Å². The molecule has 0 unspecified atom stereocenters. The Morgan fingerprint density at radius 1 is 1.30 bits per heavy atom. The van der Waals surface area contributed by atoms with Crippen molar-refractivity contribution in [1.82, 2.24) is 14.8 Å². The normalized spacial score (nSPS) is 14.9. The summed E-state index contributed by atoms with van der Waals surface area (Å²) in [6.07, 6.45) is 4.93. The molecular formula is C19H23F2N3O3. The predicted molar refractivity (Wildman–Crippen MR) is 94.4 cm³/mol. The van der Waals surface area contributed by atoms with Crippen molar-refractivity contribution >= 4 is 5.91 Å². The number of rotatable bonds is 7. The smallest absolute Gasteiger partial charge is 0.275 e. The largest absolute Gasteiger partial charge is 0.481 e. The zero-order valence-electron chi connectivity index (χ0n) is 15.3. The van der Waals surface area contributed by atoms with E-state index in [1.807, 2.05) is 0 Å². The summed E-state index contributed by atoms with van der Waals surface area (Å²) in [7, 11) is 1.72. The van der Waals surface area contributed by atoms with Gasteiger partial charge in [0.25, 0.3) is 5.91 Å². The van der Waals surface area contributed by atoms with E-state index in [1.165, 1.54) is 37.7 Å². The number of aromatic nitrogens is 1. The molecule has 0 N–H and O–H groups in total. The Morgan fingerprint density at radius 2 is 2.07 bits per heavy atom. The SMILES string of the molecule is CN(CCN1CCCCC1)C(=O)c1coc(COc2cccc(F)c2F)n1. The van der Waals surface area contributed by atoms with Crippen LogP contribution in [-0.4, -0.2) is 53.9 Å². The van der Waals surface area contributed by atoms with Gasteiger partial charge in [-0.1, -0.05) is 12.5 Å². The molecule has 1 aromatic carbocycles. The number of carbonyl (C=O) groups is 1. The number of nitrogens with zero attached hydrogens (tertiary/aromatic N) is 3. The highest BCUT2D eigenvalue weighted by Gasteiger charge is 2.19. The van der Waals surface area contributed by atoms with Gasteiger partial charge < -0.3 is 19.0 Å². The van der Waals surface area contributed by atoms with E-state index in [9.17, 15) is 13.6 Å². The monoisotopic (exact) mass is 379 g/mol. The number of oxazole rings is 1. The number of benzene rings is 1. The lowest BCUT2D eigenvalue weighted by Crippen LogP contribution is -2.38. The second-order valence-electron chi connectivity index (χ2n) is 6.60. The Kier molecular flexibility index (Phi) is 6.39. The Hall–Kier alpha value is -2.48. The number of likely N-dealkylation sites (tertiary alicyclic amines) is 1. The van der Waals surface area contributed by atoms with Crippen LogP contribution in [0.3, 0.4) is 0 Å². The lowest BCUT2D eigenvalue weighted by molar-refractivity contribution is 0.0767. The van der Waals surface area contributed by atoms with Crippen LogP contribution in [0.15, 0.2) is 28.9 Å². The molecule has 0 radical (unpaired) electrons. The molecule has 1 aliphatic rings. The van der Waals surface area contributed by atoms with Crippen molar-refractivity contribution in [3.05, 3.63) is 47.7 Å². The highest BCUT2D eigenvalue weighted by Crippen LogP contribution is 2.20. The maximum atomic E-state index is 13.6. The molecule has 6 nitrogen and oxygen atoms in total. The third-order valence-electron chi connectivity index (χ3n) is 4.59. The minimum absolute atomic E-state index is 0.117. The van der Waals surface area contributed by atoms with Crippen LogP contribution < -0.4 is 4.74 Å². The molecule has 2 heterocycles. The Balaban J connectivity index is 1.51. The van der Waals surface area contributed by atoms with E-state index < -0.39 is 11.6 Å². The highest BCUT2D eigenvalue weighted by molar-refractivity contribution is 5.91. The standard InChI is InChI=1S/C19H23F2N3O3/c1-23(10-11-24-8-3-2-4-9-24)19(25)15-12-27-17(22-15)13-26-16-7-5-6-14(20)18(16)21/h5-7,12H,2-4,8-11,13H2,1H3. The number of piperidine rings is 1. The van der Waals surface area contributed by atoms with Gasteiger partial charge in [0.1, 0.15) is 6.26 Å². The van der Waals surface area contributed by atoms with Gasteiger partial charge in [-0.2, -0.15) is 4.39 Å². The molecule has 1 fully saturated rings. The first-order valence-corrected chi connectivity index (χ1v) is 9.03. The Morgan fingerprint density at radius 3 is 2.85 bits per heavy atom. The van der Waals surface area contributed by atoms with Crippen LogP contribution in [-0.2, 0) is 6.61 Å².